The Morgan fingerprint density at radius 2 is 2.16 bits per heavy atom. The van der Waals surface area contributed by atoms with E-state index in [4.69, 9.17) is 17.3 Å². The number of halogens is 1. The van der Waals surface area contributed by atoms with E-state index in [-0.39, 0.29) is 5.91 Å². The summed E-state index contributed by atoms with van der Waals surface area (Å²) in [6.45, 7) is 3.94. The van der Waals surface area contributed by atoms with Gasteiger partial charge in [-0.25, -0.2) is 4.79 Å². The zero-order valence-corrected chi connectivity index (χ0v) is 12.3. The summed E-state index contributed by atoms with van der Waals surface area (Å²) in [6, 6.07) is 4.59. The van der Waals surface area contributed by atoms with Gasteiger partial charge in [-0.1, -0.05) is 11.6 Å². The van der Waals surface area contributed by atoms with Gasteiger partial charge >= 0.3 is 6.03 Å². The second-order valence-corrected chi connectivity index (χ2v) is 5.59. The number of urea groups is 1. The molecule has 0 aromatic heterocycles. The fourth-order valence-electron chi connectivity index (χ4n) is 1.27. The van der Waals surface area contributed by atoms with Gasteiger partial charge < -0.3 is 11.1 Å². The molecular formula is C12H16ClN3O2S. The van der Waals surface area contributed by atoms with E-state index < -0.39 is 11.3 Å². The highest BCUT2D eigenvalue weighted by Crippen LogP contribution is 2.31. The summed E-state index contributed by atoms with van der Waals surface area (Å²) in [5.41, 5.74) is 6.16. The highest BCUT2D eigenvalue weighted by atomic mass is 35.5. The maximum atomic E-state index is 11.8. The van der Waals surface area contributed by atoms with E-state index in [0.29, 0.717) is 17.3 Å². The lowest BCUT2D eigenvalue weighted by molar-refractivity contribution is -0.119. The molecule has 0 saturated carbocycles. The number of carbonyl (C=O) groups is 2. The molecule has 0 spiro atoms. The monoisotopic (exact) mass is 301 g/mol. The third-order valence-corrected chi connectivity index (χ3v) is 3.81. The number of rotatable bonds is 4. The Morgan fingerprint density at radius 3 is 2.74 bits per heavy atom. The molecule has 4 N–H and O–H groups in total. The van der Waals surface area contributed by atoms with Crippen LogP contribution in [0.5, 0.6) is 0 Å². The summed E-state index contributed by atoms with van der Waals surface area (Å²) in [4.78, 5) is 23.7. The van der Waals surface area contributed by atoms with Crippen LogP contribution in [-0.2, 0) is 4.79 Å². The fourth-order valence-corrected chi connectivity index (χ4v) is 2.46. The van der Waals surface area contributed by atoms with Gasteiger partial charge in [-0.05, 0) is 32.0 Å². The predicted octanol–water partition coefficient (Wildman–Crippen LogP) is 2.25. The van der Waals surface area contributed by atoms with Crippen LogP contribution in [-0.4, -0.2) is 23.7 Å². The van der Waals surface area contributed by atoms with E-state index in [9.17, 15) is 9.59 Å². The number of amides is 3. The number of nitrogens with one attached hydrogen (secondary N) is 2. The van der Waals surface area contributed by atoms with Crippen LogP contribution >= 0.6 is 23.4 Å². The number of nitrogen functional groups attached to an aromatic ring is 1. The molecule has 0 fully saturated rings. The molecule has 5 nitrogen and oxygen atoms in total. The van der Waals surface area contributed by atoms with Gasteiger partial charge in [-0.2, -0.15) is 0 Å². The van der Waals surface area contributed by atoms with Crippen LogP contribution in [0.2, 0.25) is 5.02 Å². The molecule has 0 radical (unpaired) electrons. The standard InChI is InChI=1S/C12H16ClN3O2S/c1-3-15-12(18)16-11(17)7(2)19-10-5-4-8(14)6-9(10)13/h4-7H,3,14H2,1-2H3,(H2,15,16,17,18). The lowest BCUT2D eigenvalue weighted by Crippen LogP contribution is -2.42. The van der Waals surface area contributed by atoms with Crippen molar-refractivity contribution in [3.63, 3.8) is 0 Å². The molecule has 104 valence electrons. The minimum atomic E-state index is -0.497. The summed E-state index contributed by atoms with van der Waals surface area (Å²) in [6.07, 6.45) is 0. The molecule has 1 rings (SSSR count). The van der Waals surface area contributed by atoms with Crippen LogP contribution in [0.3, 0.4) is 0 Å². The average Bonchev–Trinajstić information content (AvgIpc) is 2.32. The number of hydrogen-bond acceptors (Lipinski definition) is 4. The SMILES string of the molecule is CCNC(=O)NC(=O)C(C)Sc1ccc(N)cc1Cl. The molecule has 0 heterocycles. The van der Waals surface area contributed by atoms with Crippen molar-refractivity contribution in [2.75, 3.05) is 12.3 Å². The Labute approximate surface area is 121 Å². The van der Waals surface area contributed by atoms with Gasteiger partial charge in [0.1, 0.15) is 0 Å². The minimum Gasteiger partial charge on any atom is -0.399 e. The first-order valence-electron chi connectivity index (χ1n) is 5.74. The van der Waals surface area contributed by atoms with Crippen molar-refractivity contribution in [1.29, 1.82) is 0 Å². The van der Waals surface area contributed by atoms with Gasteiger partial charge in [0.2, 0.25) is 5.91 Å². The molecule has 7 heteroatoms. The van der Waals surface area contributed by atoms with Gasteiger partial charge in [0.25, 0.3) is 0 Å². The van der Waals surface area contributed by atoms with E-state index in [2.05, 4.69) is 10.6 Å². The molecule has 3 amide bonds. The van der Waals surface area contributed by atoms with Gasteiger partial charge in [0.05, 0.1) is 10.3 Å². The Hall–Kier alpha value is -1.40. The third kappa shape index (κ3) is 5.00. The van der Waals surface area contributed by atoms with Crippen molar-refractivity contribution in [2.45, 2.75) is 24.0 Å². The van der Waals surface area contributed by atoms with Crippen LogP contribution in [0.4, 0.5) is 10.5 Å². The molecule has 1 aromatic carbocycles. The largest absolute Gasteiger partial charge is 0.399 e. The van der Waals surface area contributed by atoms with E-state index >= 15 is 0 Å². The second-order valence-electron chi connectivity index (χ2n) is 3.80. The van der Waals surface area contributed by atoms with E-state index in [1.807, 2.05) is 0 Å². The maximum absolute atomic E-state index is 11.8. The molecule has 0 saturated heterocycles. The summed E-state index contributed by atoms with van der Waals surface area (Å²) in [5.74, 6) is -0.371. The number of benzene rings is 1. The van der Waals surface area contributed by atoms with E-state index in [1.165, 1.54) is 11.8 Å². The molecule has 1 atom stereocenters. The van der Waals surface area contributed by atoms with E-state index in [0.717, 1.165) is 4.90 Å². The summed E-state index contributed by atoms with van der Waals surface area (Å²) >= 11 is 7.29. The number of carbonyl (C=O) groups excluding carboxylic acids is 2. The highest BCUT2D eigenvalue weighted by Gasteiger charge is 2.17. The van der Waals surface area contributed by atoms with Crippen molar-refractivity contribution in [3.05, 3.63) is 23.2 Å². The van der Waals surface area contributed by atoms with E-state index in [1.54, 1.807) is 32.0 Å². The molecule has 1 aromatic rings. The van der Waals surface area contributed by atoms with Crippen LogP contribution in [0.25, 0.3) is 0 Å². The molecular weight excluding hydrogens is 286 g/mol. The zero-order chi connectivity index (χ0) is 14.4. The Bertz CT molecular complexity index is 482. The topological polar surface area (TPSA) is 84.2 Å². The molecule has 0 aliphatic heterocycles. The summed E-state index contributed by atoms with van der Waals surface area (Å²) < 4.78 is 0. The first-order chi connectivity index (χ1) is 8.93. The Balaban J connectivity index is 2.61. The molecule has 0 bridgehead atoms. The zero-order valence-electron chi connectivity index (χ0n) is 10.7. The quantitative estimate of drug-likeness (QED) is 0.588. The number of nitrogens with two attached hydrogens (primary N) is 1. The first kappa shape index (κ1) is 15.7. The molecule has 19 heavy (non-hydrogen) atoms. The Morgan fingerprint density at radius 1 is 1.47 bits per heavy atom. The van der Waals surface area contributed by atoms with Gasteiger partial charge in [-0.15, -0.1) is 11.8 Å². The smallest absolute Gasteiger partial charge is 0.321 e. The molecule has 0 aliphatic rings. The number of thioether (sulfide) groups is 1. The maximum Gasteiger partial charge on any atom is 0.321 e. The second kappa shape index (κ2) is 7.25. The lowest BCUT2D eigenvalue weighted by Gasteiger charge is -2.12. The normalized spacial score (nSPS) is 11.7. The average molecular weight is 302 g/mol. The van der Waals surface area contributed by atoms with Crippen molar-refractivity contribution < 1.29 is 9.59 Å². The Kier molecular flexibility index (Phi) is 5.98. The first-order valence-corrected chi connectivity index (χ1v) is 7.00. The van der Waals surface area contributed by atoms with Crippen LogP contribution in [0, 0.1) is 0 Å². The van der Waals surface area contributed by atoms with Crippen molar-refractivity contribution in [3.8, 4) is 0 Å². The minimum absolute atomic E-state index is 0.371. The van der Waals surface area contributed by atoms with Crippen molar-refractivity contribution in [1.82, 2.24) is 10.6 Å². The van der Waals surface area contributed by atoms with Crippen molar-refractivity contribution in [2.24, 2.45) is 0 Å². The predicted molar refractivity (Wildman–Crippen MR) is 78.4 cm³/mol. The van der Waals surface area contributed by atoms with Crippen LogP contribution < -0.4 is 16.4 Å². The molecule has 0 aliphatic carbocycles. The molecule has 1 unspecified atom stereocenters. The number of imide groups is 1. The third-order valence-electron chi connectivity index (χ3n) is 2.20. The lowest BCUT2D eigenvalue weighted by atomic mass is 10.3. The highest BCUT2D eigenvalue weighted by molar-refractivity contribution is 8.00. The van der Waals surface area contributed by atoms with Gasteiger partial charge in [-0.3, -0.25) is 10.1 Å². The summed E-state index contributed by atoms with van der Waals surface area (Å²) in [7, 11) is 0. The number of anilines is 1. The van der Waals surface area contributed by atoms with Crippen LogP contribution in [0.15, 0.2) is 23.1 Å². The van der Waals surface area contributed by atoms with Crippen molar-refractivity contribution >= 4 is 41.0 Å². The number of hydrogen-bond donors (Lipinski definition) is 3. The van der Waals surface area contributed by atoms with Gasteiger partial charge in [0, 0.05) is 17.1 Å². The van der Waals surface area contributed by atoms with Gasteiger partial charge in [0.15, 0.2) is 0 Å². The van der Waals surface area contributed by atoms with Crippen LogP contribution in [0.1, 0.15) is 13.8 Å². The summed E-state index contributed by atoms with van der Waals surface area (Å²) in [5, 5.41) is 4.79. The fraction of sp³-hybridized carbons (Fsp3) is 0.333.